The molecule has 0 saturated carbocycles. The maximum absolute atomic E-state index is 12.2. The Hall–Kier alpha value is -1.39. The lowest BCUT2D eigenvalue weighted by molar-refractivity contribution is -0.154. The van der Waals surface area contributed by atoms with Crippen LogP contribution in [-0.4, -0.2) is 37.0 Å². The number of ether oxygens (including phenoxy) is 2. The third-order valence-corrected chi connectivity index (χ3v) is 9.98. The maximum Gasteiger partial charge on any atom is 0.306 e. The molecule has 51 heavy (non-hydrogen) atoms. The molecule has 4 nitrogen and oxygen atoms in total. The molecule has 0 aromatic heterocycles. The highest BCUT2D eigenvalue weighted by Crippen LogP contribution is 2.16. The third kappa shape index (κ3) is 42.9. The van der Waals surface area contributed by atoms with Gasteiger partial charge in [-0.05, 0) is 44.9 Å². The van der Waals surface area contributed by atoms with Crippen LogP contribution in [0.3, 0.4) is 0 Å². The molecule has 1 unspecified atom stereocenters. The number of esters is 1. The molecule has 0 amide bonds. The van der Waals surface area contributed by atoms with Crippen molar-refractivity contribution in [2.75, 3.05) is 19.8 Å². The second-order valence-corrected chi connectivity index (χ2v) is 15.1. The number of carbonyl (C=O) groups excluding carboxylic acids is 1. The van der Waals surface area contributed by atoms with Crippen LogP contribution in [0.4, 0.5) is 0 Å². The Morgan fingerprint density at radius 2 is 0.882 bits per heavy atom. The molecule has 0 aliphatic carbocycles. The molecule has 0 aromatic rings. The Morgan fingerprint density at radius 1 is 0.490 bits per heavy atom. The zero-order chi connectivity index (χ0) is 37.0. The number of aliphatic hydroxyl groups is 1. The summed E-state index contributed by atoms with van der Waals surface area (Å²) in [6.45, 7) is 5.22. The Bertz CT molecular complexity index is 757. The Labute approximate surface area is 319 Å². The summed E-state index contributed by atoms with van der Waals surface area (Å²) in [5.74, 6) is -0.205. The van der Waals surface area contributed by atoms with Crippen LogP contribution in [0.5, 0.6) is 0 Å². The van der Waals surface area contributed by atoms with Crippen molar-refractivity contribution >= 4 is 5.97 Å². The average Bonchev–Trinajstić information content (AvgIpc) is 3.14. The molecule has 0 bridgehead atoms. The number of carbonyl (C=O) groups is 1. The summed E-state index contributed by atoms with van der Waals surface area (Å²) in [5.41, 5.74) is 0. The first kappa shape index (κ1) is 49.6. The van der Waals surface area contributed by atoms with E-state index in [0.29, 0.717) is 13.0 Å². The fourth-order valence-corrected chi connectivity index (χ4v) is 6.64. The minimum absolute atomic E-state index is 0.178. The van der Waals surface area contributed by atoms with Crippen molar-refractivity contribution in [1.82, 2.24) is 0 Å². The van der Waals surface area contributed by atoms with Gasteiger partial charge in [0.1, 0.15) is 6.10 Å². The molecule has 0 heterocycles. The fraction of sp³-hybridized carbons (Fsp3) is 0.851. The zero-order valence-electron chi connectivity index (χ0n) is 34.4. The van der Waals surface area contributed by atoms with Gasteiger partial charge in [-0.1, -0.05) is 217 Å². The zero-order valence-corrected chi connectivity index (χ0v) is 34.4. The first-order chi connectivity index (χ1) is 25.2. The van der Waals surface area contributed by atoms with Crippen molar-refractivity contribution in [1.29, 1.82) is 0 Å². The van der Waals surface area contributed by atoms with E-state index < -0.39 is 6.10 Å². The first-order valence-electron chi connectivity index (χ1n) is 22.6. The standard InChI is InChI=1S/C47H88O4/c1-3-5-7-9-11-13-15-17-19-20-21-22-23-24-25-26-27-28-29-30-32-34-36-38-40-42-47(49)51-46(44-48)45-50-43-41-39-37-35-33-31-18-16-14-12-10-8-6-4-2/h6,8,12,14,18,31,46,48H,3-5,7,9-11,13,15-17,19-30,32-45H2,1-2H3/b8-6-,14-12-,31-18-. The van der Waals surface area contributed by atoms with E-state index in [1.54, 1.807) is 0 Å². The van der Waals surface area contributed by atoms with Crippen LogP contribution in [0.2, 0.25) is 0 Å². The Balaban J connectivity index is 3.37. The molecule has 0 aromatic carbocycles. The number of aliphatic hydroxyl groups excluding tert-OH is 1. The summed E-state index contributed by atoms with van der Waals surface area (Å²) in [6.07, 6.45) is 56.5. The van der Waals surface area contributed by atoms with Gasteiger partial charge >= 0.3 is 5.97 Å². The predicted octanol–water partition coefficient (Wildman–Crippen LogP) is 14.9. The highest BCUT2D eigenvalue weighted by molar-refractivity contribution is 5.69. The number of hydrogen-bond acceptors (Lipinski definition) is 4. The van der Waals surface area contributed by atoms with Crippen molar-refractivity contribution in [3.05, 3.63) is 36.5 Å². The quantitative estimate of drug-likeness (QED) is 0.0388. The summed E-state index contributed by atoms with van der Waals surface area (Å²) in [7, 11) is 0. The molecule has 0 rings (SSSR count). The van der Waals surface area contributed by atoms with Gasteiger partial charge < -0.3 is 14.6 Å². The molecule has 0 spiro atoms. The minimum atomic E-state index is -0.543. The van der Waals surface area contributed by atoms with Crippen molar-refractivity contribution in [3.63, 3.8) is 0 Å². The molecule has 0 saturated heterocycles. The molecule has 4 heteroatoms. The Morgan fingerprint density at radius 3 is 1.33 bits per heavy atom. The number of unbranched alkanes of at least 4 members (excludes halogenated alkanes) is 28. The Kier molecular flexibility index (Phi) is 43.5. The third-order valence-electron chi connectivity index (χ3n) is 9.98. The summed E-state index contributed by atoms with van der Waals surface area (Å²) in [6, 6.07) is 0. The van der Waals surface area contributed by atoms with Gasteiger partial charge in [-0.2, -0.15) is 0 Å². The van der Waals surface area contributed by atoms with Crippen molar-refractivity contribution < 1.29 is 19.4 Å². The fourth-order valence-electron chi connectivity index (χ4n) is 6.64. The average molecular weight is 717 g/mol. The van der Waals surface area contributed by atoms with Gasteiger partial charge in [0.15, 0.2) is 0 Å². The van der Waals surface area contributed by atoms with Crippen LogP contribution >= 0.6 is 0 Å². The second kappa shape index (κ2) is 44.8. The van der Waals surface area contributed by atoms with E-state index in [9.17, 15) is 9.90 Å². The van der Waals surface area contributed by atoms with E-state index in [4.69, 9.17) is 9.47 Å². The van der Waals surface area contributed by atoms with Crippen LogP contribution in [0.25, 0.3) is 0 Å². The molecule has 0 aliphatic rings. The van der Waals surface area contributed by atoms with E-state index >= 15 is 0 Å². The lowest BCUT2D eigenvalue weighted by atomic mass is 10.0. The molecule has 1 atom stereocenters. The molecular weight excluding hydrogens is 629 g/mol. The molecule has 0 radical (unpaired) electrons. The van der Waals surface area contributed by atoms with E-state index in [1.807, 2.05) is 0 Å². The molecular formula is C47H88O4. The van der Waals surface area contributed by atoms with E-state index in [2.05, 4.69) is 50.3 Å². The van der Waals surface area contributed by atoms with Gasteiger partial charge in [0.25, 0.3) is 0 Å². The van der Waals surface area contributed by atoms with Crippen LogP contribution < -0.4 is 0 Å². The van der Waals surface area contributed by atoms with E-state index in [-0.39, 0.29) is 19.2 Å². The molecule has 1 N–H and O–H groups in total. The maximum atomic E-state index is 12.2. The summed E-state index contributed by atoms with van der Waals surface area (Å²) in [5, 5.41) is 9.60. The minimum Gasteiger partial charge on any atom is -0.457 e. The highest BCUT2D eigenvalue weighted by Gasteiger charge is 2.13. The number of hydrogen-bond donors (Lipinski definition) is 1. The van der Waals surface area contributed by atoms with Crippen LogP contribution in [0.15, 0.2) is 36.5 Å². The van der Waals surface area contributed by atoms with Gasteiger partial charge in [-0.15, -0.1) is 0 Å². The van der Waals surface area contributed by atoms with Crippen LogP contribution in [0.1, 0.15) is 232 Å². The molecule has 0 aliphatic heterocycles. The van der Waals surface area contributed by atoms with E-state index in [0.717, 1.165) is 51.4 Å². The summed E-state index contributed by atoms with van der Waals surface area (Å²) < 4.78 is 11.1. The van der Waals surface area contributed by atoms with Gasteiger partial charge in [0.2, 0.25) is 0 Å². The van der Waals surface area contributed by atoms with Gasteiger partial charge in [-0.25, -0.2) is 0 Å². The second-order valence-electron chi connectivity index (χ2n) is 15.1. The molecule has 0 fully saturated rings. The first-order valence-corrected chi connectivity index (χ1v) is 22.6. The highest BCUT2D eigenvalue weighted by atomic mass is 16.6. The summed E-state index contributed by atoms with van der Waals surface area (Å²) in [4.78, 5) is 12.2. The largest absolute Gasteiger partial charge is 0.457 e. The van der Waals surface area contributed by atoms with Crippen LogP contribution in [0, 0.1) is 0 Å². The number of rotatable bonds is 42. The molecule has 300 valence electrons. The smallest absolute Gasteiger partial charge is 0.306 e. The lowest BCUT2D eigenvalue weighted by Gasteiger charge is -2.15. The van der Waals surface area contributed by atoms with Crippen LogP contribution in [-0.2, 0) is 14.3 Å². The predicted molar refractivity (Wildman–Crippen MR) is 224 cm³/mol. The van der Waals surface area contributed by atoms with Crippen molar-refractivity contribution in [2.24, 2.45) is 0 Å². The monoisotopic (exact) mass is 717 g/mol. The van der Waals surface area contributed by atoms with Gasteiger partial charge in [0.05, 0.1) is 13.2 Å². The lowest BCUT2D eigenvalue weighted by Crippen LogP contribution is -2.27. The van der Waals surface area contributed by atoms with Crippen molar-refractivity contribution in [2.45, 2.75) is 238 Å². The number of allylic oxidation sites excluding steroid dienone is 6. The topological polar surface area (TPSA) is 55.8 Å². The summed E-state index contributed by atoms with van der Waals surface area (Å²) >= 11 is 0. The van der Waals surface area contributed by atoms with Gasteiger partial charge in [-0.3, -0.25) is 4.79 Å². The van der Waals surface area contributed by atoms with Gasteiger partial charge in [0, 0.05) is 13.0 Å². The van der Waals surface area contributed by atoms with E-state index in [1.165, 1.54) is 161 Å². The van der Waals surface area contributed by atoms with Crippen molar-refractivity contribution in [3.8, 4) is 0 Å². The normalized spacial score (nSPS) is 12.6. The SMILES string of the molecule is CC/C=C\C/C=C\C/C=C\CCCCCCOCC(CO)OC(=O)CCCCCCCCCCCCCCCCCCCCCCCCCCC.